The summed E-state index contributed by atoms with van der Waals surface area (Å²) >= 11 is 3.44. The number of rotatable bonds is 6. The number of aliphatic carboxylic acids is 1. The van der Waals surface area contributed by atoms with Gasteiger partial charge in [0.2, 0.25) is 0 Å². The Hall–Kier alpha value is -1.23. The van der Waals surface area contributed by atoms with E-state index in [4.69, 9.17) is 14.6 Å². The third kappa shape index (κ3) is 3.62. The van der Waals surface area contributed by atoms with E-state index in [-0.39, 0.29) is 12.3 Å². The minimum Gasteiger partial charge on any atom is -0.493 e. The first kappa shape index (κ1) is 15.8. The van der Waals surface area contributed by atoms with Gasteiger partial charge in [-0.15, -0.1) is 0 Å². The number of ether oxygens (including phenoxy) is 2. The number of carbonyl (C=O) groups is 1. The number of halogens is 1. The van der Waals surface area contributed by atoms with Crippen molar-refractivity contribution in [3.8, 4) is 11.5 Å². The second kappa shape index (κ2) is 6.80. The molecule has 0 atom stereocenters. The van der Waals surface area contributed by atoms with E-state index in [0.29, 0.717) is 17.9 Å². The fourth-order valence-electron chi connectivity index (χ4n) is 2.15. The van der Waals surface area contributed by atoms with E-state index < -0.39 is 5.97 Å². The van der Waals surface area contributed by atoms with Crippen LogP contribution < -0.4 is 9.47 Å². The molecular weight excluding hydrogens is 312 g/mol. The van der Waals surface area contributed by atoms with Gasteiger partial charge in [-0.05, 0) is 39.9 Å². The molecule has 1 rings (SSSR count). The average Bonchev–Trinajstić information content (AvgIpc) is 2.34. The third-order valence-electron chi connectivity index (χ3n) is 2.91. The largest absolute Gasteiger partial charge is 0.493 e. The molecule has 1 aromatic carbocycles. The van der Waals surface area contributed by atoms with Crippen molar-refractivity contribution in [2.75, 3.05) is 14.2 Å². The Labute approximate surface area is 121 Å². The average molecular weight is 331 g/mol. The first-order valence-corrected chi connectivity index (χ1v) is 6.86. The van der Waals surface area contributed by atoms with Crippen molar-refractivity contribution in [3.63, 3.8) is 0 Å². The Kier molecular flexibility index (Phi) is 5.66. The predicted molar refractivity (Wildman–Crippen MR) is 77.3 cm³/mol. The fraction of sp³-hybridized carbons (Fsp3) is 0.500. The summed E-state index contributed by atoms with van der Waals surface area (Å²) in [6.45, 7) is 4.10. The minimum absolute atomic E-state index is 0.0989. The van der Waals surface area contributed by atoms with E-state index in [1.165, 1.54) is 0 Å². The quantitative estimate of drug-likeness (QED) is 0.865. The summed E-state index contributed by atoms with van der Waals surface area (Å²) in [6, 6.07) is 1.92. The Morgan fingerprint density at radius 3 is 2.32 bits per heavy atom. The van der Waals surface area contributed by atoms with Crippen molar-refractivity contribution in [1.29, 1.82) is 0 Å². The van der Waals surface area contributed by atoms with Crippen molar-refractivity contribution >= 4 is 21.9 Å². The van der Waals surface area contributed by atoms with E-state index in [2.05, 4.69) is 29.8 Å². The van der Waals surface area contributed by atoms with E-state index >= 15 is 0 Å². The normalized spacial score (nSPS) is 10.6. The maximum Gasteiger partial charge on any atom is 0.303 e. The van der Waals surface area contributed by atoms with Crippen molar-refractivity contribution in [3.05, 3.63) is 21.7 Å². The molecule has 19 heavy (non-hydrogen) atoms. The molecule has 0 aliphatic rings. The van der Waals surface area contributed by atoms with Crippen LogP contribution in [0.4, 0.5) is 0 Å². The molecule has 1 N–H and O–H groups in total. The highest BCUT2D eigenvalue weighted by atomic mass is 79.9. The number of methoxy groups -OCH3 is 2. The summed E-state index contributed by atoms with van der Waals surface area (Å²) in [4.78, 5) is 10.7. The molecule has 0 bridgehead atoms. The van der Waals surface area contributed by atoms with Crippen LogP contribution >= 0.6 is 15.9 Å². The highest BCUT2D eigenvalue weighted by Gasteiger charge is 2.21. The summed E-state index contributed by atoms with van der Waals surface area (Å²) < 4.78 is 11.6. The molecule has 0 spiro atoms. The molecule has 4 nitrogen and oxygen atoms in total. The Balaban J connectivity index is 3.36. The lowest BCUT2D eigenvalue weighted by atomic mass is 9.93. The van der Waals surface area contributed by atoms with Crippen LogP contribution in [-0.4, -0.2) is 25.3 Å². The second-order valence-corrected chi connectivity index (χ2v) is 5.40. The maximum atomic E-state index is 10.7. The molecule has 1 aromatic rings. The fourth-order valence-corrected chi connectivity index (χ4v) is 2.77. The van der Waals surface area contributed by atoms with Gasteiger partial charge in [-0.25, -0.2) is 0 Å². The first-order chi connectivity index (χ1) is 8.92. The number of carboxylic acid groups (broad SMARTS) is 1. The first-order valence-electron chi connectivity index (χ1n) is 6.07. The van der Waals surface area contributed by atoms with Crippen LogP contribution in [0.2, 0.25) is 0 Å². The zero-order chi connectivity index (χ0) is 14.6. The van der Waals surface area contributed by atoms with Gasteiger partial charge in [0.05, 0.1) is 18.7 Å². The van der Waals surface area contributed by atoms with E-state index in [9.17, 15) is 4.79 Å². The molecule has 0 amide bonds. The molecule has 0 heterocycles. The summed E-state index contributed by atoms with van der Waals surface area (Å²) in [5, 5.41) is 8.83. The van der Waals surface area contributed by atoms with Gasteiger partial charge in [0, 0.05) is 12.0 Å². The van der Waals surface area contributed by atoms with Crippen LogP contribution in [0.5, 0.6) is 11.5 Å². The van der Waals surface area contributed by atoms with Gasteiger partial charge in [-0.1, -0.05) is 13.8 Å². The number of benzene rings is 1. The molecule has 0 saturated carbocycles. The van der Waals surface area contributed by atoms with Gasteiger partial charge in [-0.2, -0.15) is 0 Å². The third-order valence-corrected chi connectivity index (χ3v) is 3.50. The molecule has 0 aromatic heterocycles. The molecule has 0 fully saturated rings. The smallest absolute Gasteiger partial charge is 0.303 e. The van der Waals surface area contributed by atoms with Crippen molar-refractivity contribution < 1.29 is 19.4 Å². The van der Waals surface area contributed by atoms with Crippen LogP contribution in [0, 0.1) is 0 Å². The lowest BCUT2D eigenvalue weighted by Gasteiger charge is -2.20. The summed E-state index contributed by atoms with van der Waals surface area (Å²) in [5.74, 6) is 0.735. The monoisotopic (exact) mass is 330 g/mol. The van der Waals surface area contributed by atoms with Gasteiger partial charge < -0.3 is 14.6 Å². The predicted octanol–water partition coefficient (Wildman–Crippen LogP) is 3.61. The van der Waals surface area contributed by atoms with Gasteiger partial charge in [0.1, 0.15) is 0 Å². The maximum absolute atomic E-state index is 10.7. The zero-order valence-corrected chi connectivity index (χ0v) is 13.2. The van der Waals surface area contributed by atoms with E-state index in [1.54, 1.807) is 14.2 Å². The van der Waals surface area contributed by atoms with Crippen LogP contribution in [0.1, 0.15) is 37.3 Å². The van der Waals surface area contributed by atoms with Crippen molar-refractivity contribution in [1.82, 2.24) is 0 Å². The highest BCUT2D eigenvalue weighted by Crippen LogP contribution is 2.43. The highest BCUT2D eigenvalue weighted by molar-refractivity contribution is 9.10. The lowest BCUT2D eigenvalue weighted by molar-refractivity contribution is -0.136. The minimum atomic E-state index is -0.805. The summed E-state index contributed by atoms with van der Waals surface area (Å²) in [7, 11) is 3.18. The molecular formula is C14H19BrO4. The van der Waals surface area contributed by atoms with Crippen molar-refractivity contribution in [2.45, 2.75) is 32.6 Å². The number of hydrogen-bond donors (Lipinski definition) is 1. The number of hydrogen-bond acceptors (Lipinski definition) is 3. The van der Waals surface area contributed by atoms with E-state index in [1.807, 2.05) is 6.07 Å². The molecule has 0 unspecified atom stereocenters. The van der Waals surface area contributed by atoms with Crippen LogP contribution in [0.3, 0.4) is 0 Å². The van der Waals surface area contributed by atoms with Gasteiger partial charge in [0.25, 0.3) is 0 Å². The Morgan fingerprint density at radius 1 is 1.32 bits per heavy atom. The van der Waals surface area contributed by atoms with Crippen molar-refractivity contribution in [2.24, 2.45) is 0 Å². The summed E-state index contributed by atoms with van der Waals surface area (Å²) in [5.41, 5.74) is 1.98. The molecule has 0 aliphatic heterocycles. The topological polar surface area (TPSA) is 55.8 Å². The van der Waals surface area contributed by atoms with Gasteiger partial charge in [0.15, 0.2) is 11.5 Å². The Bertz CT molecular complexity index is 469. The number of carboxylic acids is 1. The molecule has 106 valence electrons. The van der Waals surface area contributed by atoms with Crippen LogP contribution in [-0.2, 0) is 11.2 Å². The molecule has 0 radical (unpaired) electrons. The molecule has 0 aliphatic carbocycles. The van der Waals surface area contributed by atoms with Crippen LogP contribution in [0.15, 0.2) is 10.5 Å². The molecule has 0 saturated heterocycles. The lowest BCUT2D eigenvalue weighted by Crippen LogP contribution is -2.06. The van der Waals surface area contributed by atoms with Crippen LogP contribution in [0.25, 0.3) is 0 Å². The second-order valence-electron chi connectivity index (χ2n) is 4.55. The van der Waals surface area contributed by atoms with Gasteiger partial charge in [-0.3, -0.25) is 4.79 Å². The SMILES string of the molecule is COc1c(Br)cc(CCC(=O)O)c(C(C)C)c1OC. The Morgan fingerprint density at radius 2 is 1.89 bits per heavy atom. The molecule has 5 heteroatoms. The summed E-state index contributed by atoms with van der Waals surface area (Å²) in [6.07, 6.45) is 0.573. The van der Waals surface area contributed by atoms with Gasteiger partial charge >= 0.3 is 5.97 Å². The number of aryl methyl sites for hydroxylation is 1. The zero-order valence-electron chi connectivity index (χ0n) is 11.6. The standard InChI is InChI=1S/C14H19BrO4/c1-8(2)12-9(5-6-11(16)17)7-10(15)13(18-3)14(12)19-4/h7-8H,5-6H2,1-4H3,(H,16,17). The van der Waals surface area contributed by atoms with E-state index in [0.717, 1.165) is 15.6 Å².